The van der Waals surface area contributed by atoms with Gasteiger partial charge in [0.1, 0.15) is 13.2 Å². The summed E-state index contributed by atoms with van der Waals surface area (Å²) in [6.07, 6.45) is -0.517. The average molecular weight is 215 g/mol. The number of ether oxygens (including phenoxy) is 2. The minimum atomic E-state index is -0.517. The van der Waals surface area contributed by atoms with E-state index >= 15 is 0 Å². The number of carbonyl (C=O) groups is 2. The lowest BCUT2D eigenvalue weighted by atomic mass is 10.4. The molecule has 0 spiro atoms. The summed E-state index contributed by atoms with van der Waals surface area (Å²) >= 11 is 0. The third kappa shape index (κ3) is 7.54. The van der Waals surface area contributed by atoms with Gasteiger partial charge in [0.2, 0.25) is 0 Å². The summed E-state index contributed by atoms with van der Waals surface area (Å²) in [4.78, 5) is 21.8. The molecule has 1 N–H and O–H groups in total. The van der Waals surface area contributed by atoms with Gasteiger partial charge < -0.3 is 14.8 Å². The van der Waals surface area contributed by atoms with Crippen molar-refractivity contribution in [3.63, 3.8) is 0 Å². The van der Waals surface area contributed by atoms with Gasteiger partial charge in [-0.25, -0.2) is 9.59 Å². The standard InChI is InChI=1S/C10H17NO4/c1-7(2)9(12)14-5-6-15-10(13)11-8(3)4/h8H,1,5-6H2,2-4H3,(H,11,13). The molecule has 1 amide bonds. The highest BCUT2D eigenvalue weighted by molar-refractivity contribution is 5.86. The molecule has 0 aliphatic carbocycles. The fourth-order valence-electron chi connectivity index (χ4n) is 0.669. The van der Waals surface area contributed by atoms with Crippen molar-refractivity contribution in [2.45, 2.75) is 26.8 Å². The summed E-state index contributed by atoms with van der Waals surface area (Å²) in [5, 5.41) is 2.53. The van der Waals surface area contributed by atoms with Crippen LogP contribution < -0.4 is 5.32 Å². The number of alkyl carbamates (subject to hydrolysis) is 1. The lowest BCUT2D eigenvalue weighted by molar-refractivity contribution is -0.139. The monoisotopic (exact) mass is 215 g/mol. The molecule has 0 aromatic rings. The van der Waals surface area contributed by atoms with E-state index in [9.17, 15) is 9.59 Å². The van der Waals surface area contributed by atoms with Crippen molar-refractivity contribution in [3.05, 3.63) is 12.2 Å². The van der Waals surface area contributed by atoms with Crippen LogP contribution in [0.2, 0.25) is 0 Å². The number of rotatable bonds is 5. The van der Waals surface area contributed by atoms with Crippen molar-refractivity contribution >= 4 is 12.1 Å². The molecule has 5 nitrogen and oxygen atoms in total. The molecule has 0 aliphatic rings. The second-order valence-electron chi connectivity index (χ2n) is 3.35. The average Bonchev–Trinajstić information content (AvgIpc) is 2.10. The van der Waals surface area contributed by atoms with Gasteiger partial charge in [-0.05, 0) is 20.8 Å². The maximum absolute atomic E-state index is 10.9. The molecule has 15 heavy (non-hydrogen) atoms. The summed E-state index contributed by atoms with van der Waals surface area (Å²) in [5.41, 5.74) is 0.321. The third-order valence-electron chi connectivity index (χ3n) is 1.30. The molecule has 0 saturated carbocycles. The molecule has 0 bridgehead atoms. The van der Waals surface area contributed by atoms with Crippen LogP contribution >= 0.6 is 0 Å². The largest absolute Gasteiger partial charge is 0.459 e. The maximum atomic E-state index is 10.9. The molecule has 0 aromatic heterocycles. The molecule has 0 aliphatic heterocycles. The van der Waals surface area contributed by atoms with Crippen LogP contribution in [0.5, 0.6) is 0 Å². The first-order valence-electron chi connectivity index (χ1n) is 4.69. The van der Waals surface area contributed by atoms with Crippen molar-refractivity contribution < 1.29 is 19.1 Å². The van der Waals surface area contributed by atoms with E-state index in [1.807, 2.05) is 13.8 Å². The van der Waals surface area contributed by atoms with Crippen LogP contribution in [0.25, 0.3) is 0 Å². The van der Waals surface area contributed by atoms with Crippen LogP contribution in [-0.2, 0) is 14.3 Å². The summed E-state index contributed by atoms with van der Waals surface area (Å²) < 4.78 is 9.44. The van der Waals surface area contributed by atoms with Crippen LogP contribution in [0.1, 0.15) is 20.8 Å². The van der Waals surface area contributed by atoms with Crippen LogP contribution in [0.3, 0.4) is 0 Å². The van der Waals surface area contributed by atoms with Crippen molar-refractivity contribution in [3.8, 4) is 0 Å². The van der Waals surface area contributed by atoms with E-state index < -0.39 is 12.1 Å². The molecule has 0 rings (SSSR count). The van der Waals surface area contributed by atoms with Crippen LogP contribution in [0.4, 0.5) is 4.79 Å². The topological polar surface area (TPSA) is 64.6 Å². The lowest BCUT2D eigenvalue weighted by Gasteiger charge is -2.09. The molecule has 5 heteroatoms. The van der Waals surface area contributed by atoms with E-state index in [2.05, 4.69) is 11.9 Å². The summed E-state index contributed by atoms with van der Waals surface area (Å²) in [5.74, 6) is -0.483. The Kier molecular flexibility index (Phi) is 6.17. The zero-order chi connectivity index (χ0) is 11.8. The first-order chi connectivity index (χ1) is 6.93. The van der Waals surface area contributed by atoms with Gasteiger partial charge in [-0.3, -0.25) is 0 Å². The first-order valence-corrected chi connectivity index (χ1v) is 4.69. The van der Waals surface area contributed by atoms with Gasteiger partial charge in [-0.1, -0.05) is 6.58 Å². The normalized spacial score (nSPS) is 9.60. The molecule has 0 aromatic carbocycles. The Balaban J connectivity index is 3.50. The summed E-state index contributed by atoms with van der Waals surface area (Å²) in [7, 11) is 0. The van der Waals surface area contributed by atoms with Gasteiger partial charge in [0.15, 0.2) is 0 Å². The third-order valence-corrected chi connectivity index (χ3v) is 1.30. The first kappa shape index (κ1) is 13.5. The Labute approximate surface area is 89.4 Å². The molecular formula is C10H17NO4. The summed E-state index contributed by atoms with van der Waals surface area (Å²) in [6.45, 7) is 8.69. The van der Waals surface area contributed by atoms with Crippen molar-refractivity contribution in [2.24, 2.45) is 0 Å². The van der Waals surface area contributed by atoms with Gasteiger partial charge in [-0.15, -0.1) is 0 Å². The maximum Gasteiger partial charge on any atom is 0.407 e. The molecule has 0 atom stereocenters. The number of hydrogen-bond acceptors (Lipinski definition) is 4. The van der Waals surface area contributed by atoms with Gasteiger partial charge in [-0.2, -0.15) is 0 Å². The number of hydrogen-bond donors (Lipinski definition) is 1. The van der Waals surface area contributed by atoms with Gasteiger partial charge in [0.25, 0.3) is 0 Å². The zero-order valence-electron chi connectivity index (χ0n) is 9.33. The molecule has 86 valence electrons. The predicted octanol–water partition coefficient (Wildman–Crippen LogP) is 1.24. The van der Waals surface area contributed by atoms with Crippen molar-refractivity contribution in [1.82, 2.24) is 5.32 Å². The van der Waals surface area contributed by atoms with Gasteiger partial charge >= 0.3 is 12.1 Å². The van der Waals surface area contributed by atoms with E-state index in [1.165, 1.54) is 0 Å². The van der Waals surface area contributed by atoms with Gasteiger partial charge in [0, 0.05) is 11.6 Å². The van der Waals surface area contributed by atoms with Gasteiger partial charge in [0.05, 0.1) is 0 Å². The minimum Gasteiger partial charge on any atom is -0.459 e. The second-order valence-corrected chi connectivity index (χ2v) is 3.35. The Morgan fingerprint density at radius 1 is 1.27 bits per heavy atom. The van der Waals surface area contributed by atoms with Crippen molar-refractivity contribution in [1.29, 1.82) is 0 Å². The molecule has 0 saturated heterocycles. The summed E-state index contributed by atoms with van der Waals surface area (Å²) in [6, 6.07) is 0.0236. The van der Waals surface area contributed by atoms with E-state index in [0.717, 1.165) is 0 Å². The highest BCUT2D eigenvalue weighted by atomic mass is 16.6. The SMILES string of the molecule is C=C(C)C(=O)OCCOC(=O)NC(C)C. The number of amides is 1. The highest BCUT2D eigenvalue weighted by Crippen LogP contribution is 1.91. The Hall–Kier alpha value is -1.52. The molecule has 0 radical (unpaired) electrons. The Bertz CT molecular complexity index is 248. The van der Waals surface area contributed by atoms with Crippen molar-refractivity contribution in [2.75, 3.05) is 13.2 Å². The number of esters is 1. The smallest absolute Gasteiger partial charge is 0.407 e. The highest BCUT2D eigenvalue weighted by Gasteiger charge is 2.05. The Morgan fingerprint density at radius 3 is 2.27 bits per heavy atom. The van der Waals surface area contributed by atoms with E-state index in [4.69, 9.17) is 9.47 Å². The molecular weight excluding hydrogens is 198 g/mol. The fraction of sp³-hybridized carbons (Fsp3) is 0.600. The van der Waals surface area contributed by atoms with E-state index in [0.29, 0.717) is 5.57 Å². The van der Waals surface area contributed by atoms with Crippen LogP contribution in [-0.4, -0.2) is 31.3 Å². The molecule has 0 heterocycles. The zero-order valence-corrected chi connectivity index (χ0v) is 9.33. The Morgan fingerprint density at radius 2 is 1.80 bits per heavy atom. The van der Waals surface area contributed by atoms with E-state index in [-0.39, 0.29) is 19.3 Å². The van der Waals surface area contributed by atoms with E-state index in [1.54, 1.807) is 6.92 Å². The second kappa shape index (κ2) is 6.86. The minimum absolute atomic E-state index is 0.0236. The molecule has 0 unspecified atom stereocenters. The molecule has 0 fully saturated rings. The number of nitrogens with one attached hydrogen (secondary N) is 1. The number of carbonyl (C=O) groups excluding carboxylic acids is 2. The van der Waals surface area contributed by atoms with Crippen LogP contribution in [0, 0.1) is 0 Å². The lowest BCUT2D eigenvalue weighted by Crippen LogP contribution is -2.31. The fourth-order valence-corrected chi connectivity index (χ4v) is 0.669. The quantitative estimate of drug-likeness (QED) is 0.425. The van der Waals surface area contributed by atoms with Crippen LogP contribution in [0.15, 0.2) is 12.2 Å². The predicted molar refractivity (Wildman–Crippen MR) is 55.4 cm³/mol.